The van der Waals surface area contributed by atoms with Crippen LogP contribution in [0.15, 0.2) is 48.5 Å². The maximum Gasteiger partial charge on any atom is 0.269 e. The Hall–Kier alpha value is -2.62. The molecule has 0 heterocycles. The highest BCUT2D eigenvalue weighted by molar-refractivity contribution is 5.72. The van der Waals surface area contributed by atoms with Crippen molar-refractivity contribution >= 4 is 17.8 Å². The maximum absolute atomic E-state index is 10.5. The zero-order chi connectivity index (χ0) is 13.7. The lowest BCUT2D eigenvalue weighted by Crippen LogP contribution is -1.87. The van der Waals surface area contributed by atoms with Gasteiger partial charge >= 0.3 is 0 Å². The second-order valence-corrected chi connectivity index (χ2v) is 3.92. The average Bonchev–Trinajstić information content (AvgIpc) is 2.45. The summed E-state index contributed by atoms with van der Waals surface area (Å²) in [5, 5.41) is 10.5. The van der Waals surface area contributed by atoms with E-state index in [0.29, 0.717) is 0 Å². The Morgan fingerprint density at radius 3 is 2.37 bits per heavy atom. The maximum atomic E-state index is 10.5. The zero-order valence-corrected chi connectivity index (χ0v) is 10.4. The van der Waals surface area contributed by atoms with E-state index in [1.165, 1.54) is 12.1 Å². The SMILES string of the molecule is COc1ccccc1/C=C/c1ccc([N+](=O)[O-])cc1. The molecule has 2 aromatic carbocycles. The highest BCUT2D eigenvalue weighted by Gasteiger charge is 2.02. The van der Waals surface area contributed by atoms with Crippen LogP contribution in [0.1, 0.15) is 11.1 Å². The van der Waals surface area contributed by atoms with E-state index in [4.69, 9.17) is 4.74 Å². The van der Waals surface area contributed by atoms with Crippen LogP contribution in [-0.4, -0.2) is 12.0 Å². The van der Waals surface area contributed by atoms with Gasteiger partial charge in [-0.05, 0) is 23.8 Å². The summed E-state index contributed by atoms with van der Waals surface area (Å²) in [4.78, 5) is 10.1. The van der Waals surface area contributed by atoms with Crippen molar-refractivity contribution in [2.45, 2.75) is 0 Å². The van der Waals surface area contributed by atoms with Crippen molar-refractivity contribution in [2.24, 2.45) is 0 Å². The number of ether oxygens (including phenoxy) is 1. The second kappa shape index (κ2) is 5.82. The zero-order valence-electron chi connectivity index (χ0n) is 10.4. The Labute approximate surface area is 111 Å². The summed E-state index contributed by atoms with van der Waals surface area (Å²) >= 11 is 0. The van der Waals surface area contributed by atoms with Crippen molar-refractivity contribution in [3.63, 3.8) is 0 Å². The molecule has 0 bridgehead atoms. The number of hydrogen-bond donors (Lipinski definition) is 0. The minimum atomic E-state index is -0.409. The van der Waals surface area contributed by atoms with Crippen LogP contribution < -0.4 is 4.74 Å². The molecule has 0 aliphatic heterocycles. The Kier molecular flexibility index (Phi) is 3.93. The fourth-order valence-electron chi connectivity index (χ4n) is 1.70. The molecule has 4 heteroatoms. The molecule has 2 rings (SSSR count). The number of methoxy groups -OCH3 is 1. The molecule has 0 aliphatic carbocycles. The average molecular weight is 255 g/mol. The molecule has 0 aliphatic rings. The van der Waals surface area contributed by atoms with Crippen molar-refractivity contribution in [2.75, 3.05) is 7.11 Å². The number of hydrogen-bond acceptors (Lipinski definition) is 3. The van der Waals surface area contributed by atoms with E-state index in [0.717, 1.165) is 16.9 Å². The van der Waals surface area contributed by atoms with Crippen molar-refractivity contribution in [1.29, 1.82) is 0 Å². The standard InChI is InChI=1S/C15H13NO3/c1-19-15-5-3-2-4-13(15)9-6-12-7-10-14(11-8-12)16(17)18/h2-11H,1H3/b9-6+. The molecule has 0 unspecified atom stereocenters. The lowest BCUT2D eigenvalue weighted by Gasteiger charge is -2.03. The van der Waals surface area contributed by atoms with E-state index in [1.807, 2.05) is 36.4 Å². The summed E-state index contributed by atoms with van der Waals surface area (Å²) in [7, 11) is 1.62. The molecule has 0 atom stereocenters. The minimum Gasteiger partial charge on any atom is -0.496 e. The van der Waals surface area contributed by atoms with Gasteiger partial charge in [0.05, 0.1) is 12.0 Å². The van der Waals surface area contributed by atoms with Gasteiger partial charge in [0.25, 0.3) is 5.69 Å². The molecule has 0 amide bonds. The van der Waals surface area contributed by atoms with Crippen molar-refractivity contribution in [3.05, 3.63) is 69.8 Å². The highest BCUT2D eigenvalue weighted by atomic mass is 16.6. The molecule has 4 nitrogen and oxygen atoms in total. The van der Waals surface area contributed by atoms with Gasteiger partial charge in [-0.3, -0.25) is 10.1 Å². The third kappa shape index (κ3) is 3.19. The fourth-order valence-corrected chi connectivity index (χ4v) is 1.70. The summed E-state index contributed by atoms with van der Waals surface area (Å²) in [6, 6.07) is 14.1. The predicted molar refractivity (Wildman–Crippen MR) is 75.0 cm³/mol. The lowest BCUT2D eigenvalue weighted by molar-refractivity contribution is -0.384. The van der Waals surface area contributed by atoms with E-state index in [1.54, 1.807) is 19.2 Å². The van der Waals surface area contributed by atoms with Crippen LogP contribution in [0.5, 0.6) is 5.75 Å². The van der Waals surface area contributed by atoms with Crippen LogP contribution in [0, 0.1) is 10.1 Å². The van der Waals surface area contributed by atoms with Crippen LogP contribution in [-0.2, 0) is 0 Å². The molecule has 19 heavy (non-hydrogen) atoms. The molecular formula is C15H13NO3. The Morgan fingerprint density at radius 2 is 1.74 bits per heavy atom. The van der Waals surface area contributed by atoms with Gasteiger partial charge in [0, 0.05) is 17.7 Å². The Morgan fingerprint density at radius 1 is 1.05 bits per heavy atom. The van der Waals surface area contributed by atoms with Gasteiger partial charge in [-0.1, -0.05) is 30.4 Å². The van der Waals surface area contributed by atoms with E-state index >= 15 is 0 Å². The number of non-ortho nitro benzene ring substituents is 1. The third-order valence-corrected chi connectivity index (χ3v) is 2.70. The largest absolute Gasteiger partial charge is 0.496 e. The third-order valence-electron chi connectivity index (χ3n) is 2.70. The fraction of sp³-hybridized carbons (Fsp3) is 0.0667. The molecule has 0 N–H and O–H groups in total. The van der Waals surface area contributed by atoms with Crippen molar-refractivity contribution in [1.82, 2.24) is 0 Å². The van der Waals surface area contributed by atoms with Gasteiger partial charge in [-0.15, -0.1) is 0 Å². The quantitative estimate of drug-likeness (QED) is 0.474. The lowest BCUT2D eigenvalue weighted by atomic mass is 10.1. The number of rotatable bonds is 4. The first-order chi connectivity index (χ1) is 9.20. The number of para-hydroxylation sites is 1. The van der Waals surface area contributed by atoms with Gasteiger partial charge in [-0.2, -0.15) is 0 Å². The Bertz CT molecular complexity index is 603. The first kappa shape index (κ1) is 12.8. The second-order valence-electron chi connectivity index (χ2n) is 3.92. The number of nitrogens with zero attached hydrogens (tertiary/aromatic N) is 1. The van der Waals surface area contributed by atoms with E-state index in [2.05, 4.69) is 0 Å². The number of nitro benzene ring substituents is 1. The molecule has 0 saturated carbocycles. The van der Waals surface area contributed by atoms with Gasteiger partial charge < -0.3 is 4.74 Å². The highest BCUT2D eigenvalue weighted by Crippen LogP contribution is 2.20. The number of benzene rings is 2. The molecule has 96 valence electrons. The summed E-state index contributed by atoms with van der Waals surface area (Å²) in [6.45, 7) is 0. The van der Waals surface area contributed by atoms with E-state index in [-0.39, 0.29) is 5.69 Å². The molecule has 0 fully saturated rings. The van der Waals surface area contributed by atoms with Gasteiger partial charge in [0.15, 0.2) is 0 Å². The van der Waals surface area contributed by atoms with Crippen LogP contribution >= 0.6 is 0 Å². The van der Waals surface area contributed by atoms with Crippen LogP contribution in [0.3, 0.4) is 0 Å². The molecule has 0 radical (unpaired) electrons. The van der Waals surface area contributed by atoms with Gasteiger partial charge in [0.2, 0.25) is 0 Å². The van der Waals surface area contributed by atoms with E-state index < -0.39 is 4.92 Å². The molecule has 0 saturated heterocycles. The first-order valence-corrected chi connectivity index (χ1v) is 5.76. The Balaban J connectivity index is 2.20. The van der Waals surface area contributed by atoms with Gasteiger partial charge in [-0.25, -0.2) is 0 Å². The first-order valence-electron chi connectivity index (χ1n) is 5.76. The normalized spacial score (nSPS) is 10.6. The molecule has 0 spiro atoms. The summed E-state index contributed by atoms with van der Waals surface area (Å²) in [6.07, 6.45) is 3.81. The smallest absolute Gasteiger partial charge is 0.269 e. The van der Waals surface area contributed by atoms with E-state index in [9.17, 15) is 10.1 Å². The minimum absolute atomic E-state index is 0.0921. The molecular weight excluding hydrogens is 242 g/mol. The van der Waals surface area contributed by atoms with Crippen molar-refractivity contribution < 1.29 is 9.66 Å². The van der Waals surface area contributed by atoms with Gasteiger partial charge in [0.1, 0.15) is 5.75 Å². The van der Waals surface area contributed by atoms with Crippen molar-refractivity contribution in [3.8, 4) is 5.75 Å². The summed E-state index contributed by atoms with van der Waals surface area (Å²) < 4.78 is 5.24. The van der Waals surface area contributed by atoms with Crippen LogP contribution in [0.4, 0.5) is 5.69 Å². The predicted octanol–water partition coefficient (Wildman–Crippen LogP) is 3.77. The summed E-state index contributed by atoms with van der Waals surface area (Å²) in [5.74, 6) is 0.792. The molecule has 2 aromatic rings. The molecule has 0 aromatic heterocycles. The number of nitro groups is 1. The van der Waals surface area contributed by atoms with Crippen LogP contribution in [0.2, 0.25) is 0 Å². The monoisotopic (exact) mass is 255 g/mol. The van der Waals surface area contributed by atoms with Crippen LogP contribution in [0.25, 0.3) is 12.2 Å². The summed E-state index contributed by atoms with van der Waals surface area (Å²) in [5.41, 5.74) is 1.95. The topological polar surface area (TPSA) is 52.4 Å².